The molecule has 1 aliphatic carbocycles. The van der Waals surface area contributed by atoms with Crippen LogP contribution in [0, 0.1) is 31.9 Å². The molecule has 4 aromatic carbocycles. The van der Waals surface area contributed by atoms with E-state index >= 15 is 0 Å². The summed E-state index contributed by atoms with van der Waals surface area (Å²) in [5.41, 5.74) is 16.2. The van der Waals surface area contributed by atoms with Crippen LogP contribution < -0.4 is 4.40 Å². The van der Waals surface area contributed by atoms with Crippen molar-refractivity contribution in [3.05, 3.63) is 137 Å². The molecule has 0 saturated heterocycles. The number of rotatable bonds is 7. The molecule has 0 fully saturated rings. The second-order valence-electron chi connectivity index (χ2n) is 18.6. The Kier molecular flexibility index (Phi) is 12.5. The second kappa shape index (κ2) is 17.7. The maximum Gasteiger partial charge on any atom is 0.216 e. The molecule has 10 rings (SSSR count). The monoisotopic (exact) mass is 1060 g/mol. The molecule has 1 radical (unpaired) electrons. The predicted molar refractivity (Wildman–Crippen MR) is 256 cm³/mol. The summed E-state index contributed by atoms with van der Waals surface area (Å²) in [6.07, 6.45) is 8.37. The molecule has 9 aromatic rings. The number of furan rings is 1. The van der Waals surface area contributed by atoms with Gasteiger partial charge in [0.25, 0.3) is 0 Å². The topological polar surface area (TPSA) is 69.6 Å². The van der Waals surface area contributed by atoms with Gasteiger partial charge in [0.1, 0.15) is 0 Å². The van der Waals surface area contributed by atoms with Crippen LogP contribution in [0.5, 0.6) is 0 Å². The Labute approximate surface area is 382 Å². The van der Waals surface area contributed by atoms with Crippen LogP contribution in [0.4, 0.5) is 0 Å². The van der Waals surface area contributed by atoms with E-state index in [2.05, 4.69) is 142 Å². The van der Waals surface area contributed by atoms with E-state index in [1.165, 1.54) is 47.9 Å². The van der Waals surface area contributed by atoms with Gasteiger partial charge in [0.2, 0.25) is 5.71 Å². The Bertz CT molecular complexity index is 3090. The number of imidazole rings is 1. The smallest absolute Gasteiger partial charge is 0.216 e. The predicted octanol–water partition coefficient (Wildman–Crippen LogP) is 13.4. The van der Waals surface area contributed by atoms with Crippen molar-refractivity contribution in [1.29, 1.82) is 0 Å². The quantitative estimate of drug-likeness (QED) is 0.117. The normalized spacial score (nSPS) is 12.9. The molecule has 0 bridgehead atoms. The van der Waals surface area contributed by atoms with Gasteiger partial charge in [0, 0.05) is 48.2 Å². The van der Waals surface area contributed by atoms with Crippen LogP contribution in [-0.4, -0.2) is 37.8 Å². The zero-order valence-corrected chi connectivity index (χ0v) is 41.9. The Morgan fingerprint density at radius 3 is 2.29 bits per heavy atom. The van der Waals surface area contributed by atoms with Gasteiger partial charge in [-0.25, -0.2) is 4.98 Å². The molecule has 5 heterocycles. The van der Waals surface area contributed by atoms with E-state index < -0.39 is 13.3 Å². The zero-order chi connectivity index (χ0) is 42.6. The minimum atomic E-state index is -1.90. The Morgan fingerprint density at radius 1 is 0.774 bits per heavy atom. The van der Waals surface area contributed by atoms with Crippen molar-refractivity contribution in [1.82, 2.24) is 24.5 Å². The van der Waals surface area contributed by atoms with E-state index in [4.69, 9.17) is 24.4 Å². The standard InChI is InChI=1S/C32H25N4O.C22H30GeN.Ir/c1-18(2)36-29-22-13-11-20(4)33-26(22)16-17-27(29)34-31(36)24-12-10-19(3)28-23-14-15-25(21-8-6-5-7-9-21)35-32(23)37-30(24)28;1-16(2)13-18-14-22(24-15-21(18)23(3,4)5)20-12-8-10-17-9-6-7-11-19(17)20;/h5-11,13-18H,1-4H3;8,10,14-16H,6-7,9,11,13H2,1-5H3;/q2*-1;. The number of hydrogen-bond donors (Lipinski definition) is 0. The van der Waals surface area contributed by atoms with Crippen LogP contribution in [0.1, 0.15) is 74.5 Å². The molecule has 0 saturated carbocycles. The van der Waals surface area contributed by atoms with Crippen LogP contribution in [0.15, 0.2) is 102 Å². The minimum Gasteiger partial charge on any atom is -0.486 e. The molecule has 5 aromatic heterocycles. The maximum atomic E-state index is 6.51. The number of pyridine rings is 3. The van der Waals surface area contributed by atoms with E-state index in [-0.39, 0.29) is 26.1 Å². The van der Waals surface area contributed by atoms with Crippen LogP contribution in [0.3, 0.4) is 0 Å². The maximum absolute atomic E-state index is 6.51. The first-order valence-electron chi connectivity index (χ1n) is 22.0. The summed E-state index contributed by atoms with van der Waals surface area (Å²) in [5.74, 6) is 8.92. The van der Waals surface area contributed by atoms with Crippen LogP contribution in [0.2, 0.25) is 17.3 Å². The van der Waals surface area contributed by atoms with Crippen LogP contribution in [-0.2, 0) is 39.4 Å². The Hall–Kier alpha value is -4.95. The molecule has 0 N–H and O–H groups in total. The first-order chi connectivity index (χ1) is 29.4. The first kappa shape index (κ1) is 43.7. The van der Waals surface area contributed by atoms with Gasteiger partial charge in [-0.05, 0) is 57.2 Å². The molecular weight excluding hydrogens is 999 g/mol. The summed E-state index contributed by atoms with van der Waals surface area (Å²) in [5, 5.41) is 3.15. The van der Waals surface area contributed by atoms with Gasteiger partial charge in [-0.1, -0.05) is 48.2 Å². The summed E-state index contributed by atoms with van der Waals surface area (Å²) in [7, 11) is 0. The van der Waals surface area contributed by atoms with Gasteiger partial charge in [-0.15, -0.1) is 17.7 Å². The second-order valence-corrected chi connectivity index (χ2v) is 29.1. The summed E-state index contributed by atoms with van der Waals surface area (Å²) in [6.45, 7) is 13.1. The number of aromatic nitrogens is 5. The Morgan fingerprint density at radius 2 is 1.53 bits per heavy atom. The van der Waals surface area contributed by atoms with Crippen molar-refractivity contribution in [3.63, 3.8) is 0 Å². The minimum absolute atomic E-state index is 0. The van der Waals surface area contributed by atoms with Crippen molar-refractivity contribution in [2.75, 3.05) is 0 Å². The number of hydrogen-bond acceptors (Lipinski definition) is 5. The third-order valence-corrected chi connectivity index (χ3v) is 16.4. The third kappa shape index (κ3) is 8.32. The van der Waals surface area contributed by atoms with Crippen molar-refractivity contribution < 1.29 is 24.5 Å². The molecule has 0 unspecified atom stereocenters. The van der Waals surface area contributed by atoms with Crippen molar-refractivity contribution >= 4 is 61.7 Å². The molecule has 0 amide bonds. The van der Waals surface area contributed by atoms with E-state index in [0.717, 1.165) is 84.3 Å². The Balaban J connectivity index is 0.000000184. The van der Waals surface area contributed by atoms with Crippen molar-refractivity contribution in [3.8, 4) is 33.9 Å². The molecule has 0 aliphatic heterocycles. The molecule has 1 aliphatic rings. The first-order valence-corrected chi connectivity index (χ1v) is 29.3. The van der Waals surface area contributed by atoms with Gasteiger partial charge < -0.3 is 8.98 Å². The van der Waals surface area contributed by atoms with E-state index in [1.807, 2.05) is 31.2 Å². The molecular formula is C54H55GeIrN5O-2. The molecule has 0 spiro atoms. The summed E-state index contributed by atoms with van der Waals surface area (Å²) in [6, 6.07) is 38.6. The fraction of sp³-hybridized carbons (Fsp3) is 0.296. The van der Waals surface area contributed by atoms with Crippen LogP contribution >= 0.6 is 0 Å². The SMILES string of the molecule is CC(C)Cc1cc(-c2[c-]ccc3c2CCCC3)nc[c]1[Ge]([CH3])([CH3])[CH3].Cc1ccc2c(ccc3nc(-c4[c-]cc(C)c5c4oc4nc(-c6ccccc6)ccc45)n(C(C)C)c32)n1.[Ir]. The van der Waals surface area contributed by atoms with E-state index in [0.29, 0.717) is 11.6 Å². The zero-order valence-electron chi connectivity index (χ0n) is 37.4. The van der Waals surface area contributed by atoms with Crippen molar-refractivity contribution in [2.45, 2.75) is 97.0 Å². The molecule has 62 heavy (non-hydrogen) atoms. The largest absolute Gasteiger partial charge is 0.486 e. The third-order valence-electron chi connectivity index (χ3n) is 12.1. The number of fused-ring (bicyclic) bond motifs is 7. The van der Waals surface area contributed by atoms with Gasteiger partial charge in [0.05, 0.1) is 33.7 Å². The van der Waals surface area contributed by atoms with E-state index in [9.17, 15) is 0 Å². The molecule has 8 heteroatoms. The van der Waals surface area contributed by atoms with Crippen LogP contribution in [0.25, 0.3) is 77.9 Å². The summed E-state index contributed by atoms with van der Waals surface area (Å²) in [4.78, 5) is 19.7. The average molecular weight is 1050 g/mol. The fourth-order valence-electron chi connectivity index (χ4n) is 9.23. The van der Waals surface area contributed by atoms with Gasteiger partial charge in [0.15, 0.2) is 0 Å². The fourth-order valence-corrected chi connectivity index (χ4v) is 12.6. The molecule has 0 atom stereocenters. The molecule has 317 valence electrons. The summed E-state index contributed by atoms with van der Waals surface area (Å²) < 4.78 is 10.4. The van der Waals surface area contributed by atoms with Gasteiger partial charge in [-0.2, -0.15) is 0 Å². The van der Waals surface area contributed by atoms with E-state index in [1.54, 1.807) is 4.40 Å². The number of aryl methyl sites for hydroxylation is 3. The molecule has 6 nitrogen and oxygen atoms in total. The van der Waals surface area contributed by atoms with Gasteiger partial charge in [-0.3, -0.25) is 9.97 Å². The van der Waals surface area contributed by atoms with Gasteiger partial charge >= 0.3 is 150 Å². The summed E-state index contributed by atoms with van der Waals surface area (Å²) >= 11 is -1.90. The van der Waals surface area contributed by atoms with Crippen molar-refractivity contribution in [2.24, 2.45) is 5.92 Å². The average Bonchev–Trinajstić information content (AvgIpc) is 3.83. The number of nitrogens with zero attached hydrogens (tertiary/aromatic N) is 5. The number of benzene rings is 4.